The van der Waals surface area contributed by atoms with Gasteiger partial charge in [0.05, 0.1) is 0 Å². The lowest BCUT2D eigenvalue weighted by molar-refractivity contribution is 0.205. The molecule has 2 nitrogen and oxygen atoms in total. The van der Waals surface area contributed by atoms with Gasteiger partial charge in [-0.05, 0) is 12.1 Å². The molecular formula is C12H12O2. The van der Waals surface area contributed by atoms with E-state index in [1.807, 2.05) is 6.07 Å². The van der Waals surface area contributed by atoms with Gasteiger partial charge in [-0.2, -0.15) is 0 Å². The van der Waals surface area contributed by atoms with Crippen molar-refractivity contribution in [1.82, 2.24) is 0 Å². The molecule has 1 aromatic rings. The summed E-state index contributed by atoms with van der Waals surface area (Å²) in [4.78, 5) is 0. The Bertz CT molecular complexity index is 289. The van der Waals surface area contributed by atoms with Gasteiger partial charge in [-0.1, -0.05) is 30.0 Å². The van der Waals surface area contributed by atoms with Crippen molar-refractivity contribution in [2.75, 3.05) is 13.2 Å². The molecule has 0 heterocycles. The predicted octanol–water partition coefficient (Wildman–Crippen LogP) is 1.66. The van der Waals surface area contributed by atoms with E-state index in [0.29, 0.717) is 19.0 Å². The van der Waals surface area contributed by atoms with Gasteiger partial charge in [0, 0.05) is 0 Å². The number of aromatic hydroxyl groups is 1. The monoisotopic (exact) mass is 188 g/mol. The summed E-state index contributed by atoms with van der Waals surface area (Å²) >= 11 is 0. The molecule has 1 N–H and O–H groups in total. The van der Waals surface area contributed by atoms with Gasteiger partial charge >= 0.3 is 0 Å². The van der Waals surface area contributed by atoms with E-state index in [4.69, 9.17) is 18.0 Å². The molecule has 0 bridgehead atoms. The largest absolute Gasteiger partial charge is 0.508 e. The van der Waals surface area contributed by atoms with Crippen molar-refractivity contribution < 1.29 is 9.84 Å². The van der Waals surface area contributed by atoms with Gasteiger partial charge in [0.25, 0.3) is 0 Å². The maximum Gasteiger partial charge on any atom is 0.115 e. The first-order chi connectivity index (χ1) is 6.81. The molecule has 0 amide bonds. The SMILES string of the molecule is C#CCOCC#C.Oc1ccccc1. The summed E-state index contributed by atoms with van der Waals surface area (Å²) in [7, 11) is 0. The van der Waals surface area contributed by atoms with Crippen molar-refractivity contribution in [2.45, 2.75) is 0 Å². The van der Waals surface area contributed by atoms with Gasteiger partial charge in [0.15, 0.2) is 0 Å². The van der Waals surface area contributed by atoms with Crippen molar-refractivity contribution in [2.24, 2.45) is 0 Å². The van der Waals surface area contributed by atoms with E-state index in [9.17, 15) is 0 Å². The quantitative estimate of drug-likeness (QED) is 0.565. The van der Waals surface area contributed by atoms with Crippen LogP contribution in [0.15, 0.2) is 30.3 Å². The highest BCUT2D eigenvalue weighted by atomic mass is 16.5. The molecule has 0 aliphatic heterocycles. The lowest BCUT2D eigenvalue weighted by Crippen LogP contribution is -1.89. The van der Waals surface area contributed by atoms with Crippen molar-refractivity contribution in [1.29, 1.82) is 0 Å². The lowest BCUT2D eigenvalue weighted by Gasteiger charge is -1.86. The van der Waals surface area contributed by atoms with Crippen molar-refractivity contribution in [3.05, 3.63) is 30.3 Å². The highest BCUT2D eigenvalue weighted by molar-refractivity contribution is 5.18. The van der Waals surface area contributed by atoms with Crippen LogP contribution in [0.3, 0.4) is 0 Å². The summed E-state index contributed by atoms with van der Waals surface area (Å²) in [5.41, 5.74) is 0. The van der Waals surface area contributed by atoms with Gasteiger partial charge in [-0.25, -0.2) is 0 Å². The Morgan fingerprint density at radius 3 is 1.86 bits per heavy atom. The van der Waals surface area contributed by atoms with Crippen LogP contribution >= 0.6 is 0 Å². The highest BCUT2D eigenvalue weighted by Crippen LogP contribution is 2.02. The molecule has 0 unspecified atom stereocenters. The normalized spacial score (nSPS) is 7.57. The molecule has 72 valence electrons. The minimum Gasteiger partial charge on any atom is -0.508 e. The zero-order chi connectivity index (χ0) is 10.6. The lowest BCUT2D eigenvalue weighted by atomic mass is 10.3. The molecule has 2 heteroatoms. The second kappa shape index (κ2) is 9.19. The standard InChI is InChI=1S/2C6H6O/c7-6-4-2-1-3-5-6;1-3-5-7-6-4-2/h1-5,7H;1-2H,5-6H2. The van der Waals surface area contributed by atoms with Crippen LogP contribution in [0, 0.1) is 24.7 Å². The first-order valence-corrected chi connectivity index (χ1v) is 4.00. The Morgan fingerprint density at radius 1 is 1.07 bits per heavy atom. The van der Waals surface area contributed by atoms with Crippen LogP contribution in [-0.2, 0) is 4.74 Å². The van der Waals surface area contributed by atoms with Crippen LogP contribution < -0.4 is 0 Å². The minimum atomic E-state index is 0.310. The summed E-state index contributed by atoms with van der Waals surface area (Å²) in [6.45, 7) is 0.619. The average molecular weight is 188 g/mol. The molecule has 0 radical (unpaired) electrons. The fourth-order valence-electron chi connectivity index (χ4n) is 0.597. The maximum absolute atomic E-state index is 8.63. The second-order valence-electron chi connectivity index (χ2n) is 2.24. The number of terminal acetylenes is 2. The fourth-order valence-corrected chi connectivity index (χ4v) is 0.597. The Balaban J connectivity index is 0.000000241. The third-order valence-electron chi connectivity index (χ3n) is 1.13. The molecule has 0 aliphatic carbocycles. The number of para-hydroxylation sites is 1. The zero-order valence-corrected chi connectivity index (χ0v) is 7.81. The minimum absolute atomic E-state index is 0.310. The molecule has 0 atom stereocenters. The first kappa shape index (κ1) is 12.1. The van der Waals surface area contributed by atoms with Crippen LogP contribution in [0.5, 0.6) is 5.75 Å². The van der Waals surface area contributed by atoms with Crippen molar-refractivity contribution in [3.8, 4) is 30.4 Å². The molecule has 0 aliphatic rings. The number of rotatable bonds is 2. The fraction of sp³-hybridized carbons (Fsp3) is 0.167. The maximum atomic E-state index is 8.63. The number of phenols is 1. The predicted molar refractivity (Wildman–Crippen MR) is 56.6 cm³/mol. The van der Waals surface area contributed by atoms with Crippen LogP contribution in [0.4, 0.5) is 0 Å². The molecule has 0 spiro atoms. The summed E-state index contributed by atoms with van der Waals surface area (Å²) in [6, 6.07) is 8.71. The third kappa shape index (κ3) is 8.20. The summed E-state index contributed by atoms with van der Waals surface area (Å²) in [5, 5.41) is 8.63. The van der Waals surface area contributed by atoms with E-state index in [2.05, 4.69) is 16.6 Å². The summed E-state index contributed by atoms with van der Waals surface area (Å²) < 4.78 is 4.66. The van der Waals surface area contributed by atoms with E-state index in [1.54, 1.807) is 24.3 Å². The summed E-state index contributed by atoms with van der Waals surface area (Å²) in [6.07, 6.45) is 9.65. The Hall–Kier alpha value is -1.90. The van der Waals surface area contributed by atoms with Gasteiger partial charge in [0.1, 0.15) is 19.0 Å². The number of hydrogen-bond acceptors (Lipinski definition) is 2. The third-order valence-corrected chi connectivity index (χ3v) is 1.13. The topological polar surface area (TPSA) is 29.5 Å². The number of hydrogen-bond donors (Lipinski definition) is 1. The van der Waals surface area contributed by atoms with E-state index in [-0.39, 0.29) is 0 Å². The molecular weight excluding hydrogens is 176 g/mol. The number of phenolic OH excluding ortho intramolecular Hbond substituents is 1. The van der Waals surface area contributed by atoms with Crippen molar-refractivity contribution in [3.63, 3.8) is 0 Å². The highest BCUT2D eigenvalue weighted by Gasteiger charge is 1.74. The van der Waals surface area contributed by atoms with Crippen LogP contribution in [0.1, 0.15) is 0 Å². The molecule has 1 aromatic carbocycles. The van der Waals surface area contributed by atoms with Gasteiger partial charge in [-0.15, -0.1) is 12.8 Å². The van der Waals surface area contributed by atoms with Gasteiger partial charge in [-0.3, -0.25) is 0 Å². The molecule has 0 fully saturated rings. The molecule has 14 heavy (non-hydrogen) atoms. The van der Waals surface area contributed by atoms with Crippen molar-refractivity contribution >= 4 is 0 Å². The molecule has 1 rings (SSSR count). The second-order valence-corrected chi connectivity index (χ2v) is 2.24. The van der Waals surface area contributed by atoms with E-state index in [1.165, 1.54) is 0 Å². The van der Waals surface area contributed by atoms with Gasteiger partial charge in [0.2, 0.25) is 0 Å². The number of benzene rings is 1. The zero-order valence-electron chi connectivity index (χ0n) is 7.81. The molecule has 0 saturated heterocycles. The van der Waals surface area contributed by atoms with Crippen LogP contribution in [0.2, 0.25) is 0 Å². The van der Waals surface area contributed by atoms with Gasteiger partial charge < -0.3 is 9.84 Å². The van der Waals surface area contributed by atoms with E-state index >= 15 is 0 Å². The van der Waals surface area contributed by atoms with Crippen LogP contribution in [-0.4, -0.2) is 18.3 Å². The van der Waals surface area contributed by atoms with E-state index in [0.717, 1.165) is 0 Å². The van der Waals surface area contributed by atoms with E-state index < -0.39 is 0 Å². The van der Waals surface area contributed by atoms with Crippen LogP contribution in [0.25, 0.3) is 0 Å². The Kier molecular flexibility index (Phi) is 7.94. The molecule has 0 aromatic heterocycles. The molecule has 0 saturated carbocycles. The Morgan fingerprint density at radius 2 is 1.57 bits per heavy atom. The first-order valence-electron chi connectivity index (χ1n) is 4.00. The average Bonchev–Trinajstić information content (AvgIpc) is 2.21. The summed E-state index contributed by atoms with van der Waals surface area (Å²) in [5.74, 6) is 4.89. The number of ether oxygens (including phenoxy) is 1. The Labute approximate surface area is 84.5 Å². The smallest absolute Gasteiger partial charge is 0.115 e.